The molecule has 12 heteroatoms. The Morgan fingerprint density at radius 1 is 1.21 bits per heavy atom. The molecule has 0 radical (unpaired) electrons. The third kappa shape index (κ3) is 4.70. The lowest BCUT2D eigenvalue weighted by Crippen LogP contribution is -2.30. The van der Waals surface area contributed by atoms with Gasteiger partial charge in [-0.1, -0.05) is 0 Å². The van der Waals surface area contributed by atoms with E-state index >= 15 is 0 Å². The Balaban J connectivity index is 1.52. The number of hydrogen-bond donors (Lipinski definition) is 2. The summed E-state index contributed by atoms with van der Waals surface area (Å²) in [6, 6.07) is 8.76. The van der Waals surface area contributed by atoms with Gasteiger partial charge in [0.1, 0.15) is 16.9 Å². The van der Waals surface area contributed by atoms with Crippen molar-refractivity contribution in [2.24, 2.45) is 0 Å². The van der Waals surface area contributed by atoms with Crippen molar-refractivity contribution in [1.82, 2.24) is 10.3 Å². The van der Waals surface area contributed by atoms with Gasteiger partial charge in [0.25, 0.3) is 11.6 Å². The first-order chi connectivity index (χ1) is 16.0. The summed E-state index contributed by atoms with van der Waals surface area (Å²) in [4.78, 5) is 38.2. The number of nitro groups is 1. The van der Waals surface area contributed by atoms with Crippen LogP contribution in [0.4, 0.5) is 18.9 Å². The maximum absolute atomic E-state index is 12.6. The predicted octanol–water partition coefficient (Wildman–Crippen LogP) is 4.36. The molecule has 2 heterocycles. The van der Waals surface area contributed by atoms with Crippen LogP contribution >= 0.6 is 0 Å². The van der Waals surface area contributed by atoms with Crippen molar-refractivity contribution in [1.29, 1.82) is 0 Å². The summed E-state index contributed by atoms with van der Waals surface area (Å²) in [5.74, 6) is -1.12. The number of carbonyl (C=O) groups excluding carboxylic acids is 1. The SMILES string of the molecule is Cc1[nH]c2ccc(OC(F)(F)F)cc2c1CCNC(=O)c1cc2cc([N+](=O)[O-])ccc2oc1=O. The van der Waals surface area contributed by atoms with Crippen LogP contribution in [0.25, 0.3) is 21.9 Å². The minimum Gasteiger partial charge on any atom is -0.422 e. The third-order valence-electron chi connectivity index (χ3n) is 5.16. The summed E-state index contributed by atoms with van der Waals surface area (Å²) < 4.78 is 46.7. The Hall–Kier alpha value is -4.35. The van der Waals surface area contributed by atoms with Gasteiger partial charge in [0.05, 0.1) is 4.92 Å². The number of nitrogens with zero attached hydrogens (tertiary/aromatic N) is 1. The Kier molecular flexibility index (Phi) is 5.73. The Labute approximate surface area is 188 Å². The van der Waals surface area contributed by atoms with Gasteiger partial charge < -0.3 is 19.5 Å². The lowest BCUT2D eigenvalue weighted by Gasteiger charge is -2.09. The van der Waals surface area contributed by atoms with Crippen molar-refractivity contribution in [3.8, 4) is 5.75 Å². The van der Waals surface area contributed by atoms with E-state index in [0.29, 0.717) is 22.2 Å². The normalized spacial score (nSPS) is 11.6. The largest absolute Gasteiger partial charge is 0.573 e. The quantitative estimate of drug-likeness (QED) is 0.242. The molecule has 0 aliphatic carbocycles. The third-order valence-corrected chi connectivity index (χ3v) is 5.16. The van der Waals surface area contributed by atoms with E-state index < -0.39 is 22.8 Å². The van der Waals surface area contributed by atoms with Crippen LogP contribution in [0.2, 0.25) is 0 Å². The molecular formula is C22H16F3N3O6. The van der Waals surface area contributed by atoms with Crippen molar-refractivity contribution in [3.05, 3.63) is 79.8 Å². The molecule has 2 aromatic heterocycles. The summed E-state index contributed by atoms with van der Waals surface area (Å²) in [5.41, 5.74) is 0.607. The highest BCUT2D eigenvalue weighted by molar-refractivity contribution is 5.97. The number of aryl methyl sites for hydroxylation is 1. The molecule has 0 aliphatic heterocycles. The number of H-pyrrole nitrogens is 1. The van der Waals surface area contributed by atoms with Crippen molar-refractivity contribution in [3.63, 3.8) is 0 Å². The van der Waals surface area contributed by atoms with Crippen molar-refractivity contribution >= 4 is 33.5 Å². The average Bonchev–Trinajstić information content (AvgIpc) is 3.06. The highest BCUT2D eigenvalue weighted by atomic mass is 19.4. The molecule has 0 unspecified atom stereocenters. The van der Waals surface area contributed by atoms with Gasteiger partial charge in [-0.15, -0.1) is 13.2 Å². The summed E-state index contributed by atoms with van der Waals surface area (Å²) in [5, 5.41) is 14.2. The Morgan fingerprint density at radius 2 is 1.97 bits per heavy atom. The van der Waals surface area contributed by atoms with E-state index in [-0.39, 0.29) is 40.9 Å². The minimum atomic E-state index is -4.82. The molecule has 2 aromatic carbocycles. The number of fused-ring (bicyclic) bond motifs is 2. The Bertz CT molecular complexity index is 1490. The molecule has 34 heavy (non-hydrogen) atoms. The zero-order chi connectivity index (χ0) is 24.6. The molecule has 4 rings (SSSR count). The number of rotatable bonds is 6. The molecule has 0 aliphatic rings. The number of hydrogen-bond acceptors (Lipinski definition) is 6. The van der Waals surface area contributed by atoms with Gasteiger partial charge in [-0.2, -0.15) is 0 Å². The fourth-order valence-electron chi connectivity index (χ4n) is 3.66. The lowest BCUT2D eigenvalue weighted by molar-refractivity contribution is -0.384. The van der Waals surface area contributed by atoms with Crippen LogP contribution in [-0.2, 0) is 6.42 Å². The van der Waals surface area contributed by atoms with E-state index in [1.165, 1.54) is 42.5 Å². The fourth-order valence-corrected chi connectivity index (χ4v) is 3.66. The molecule has 0 bridgehead atoms. The fraction of sp³-hybridized carbons (Fsp3) is 0.182. The van der Waals surface area contributed by atoms with Crippen molar-refractivity contribution in [2.45, 2.75) is 19.7 Å². The van der Waals surface area contributed by atoms with Crippen LogP contribution in [0.1, 0.15) is 21.6 Å². The molecule has 176 valence electrons. The molecule has 2 N–H and O–H groups in total. The number of ether oxygens (including phenoxy) is 1. The number of aromatic amines is 1. The second-order valence-corrected chi connectivity index (χ2v) is 7.42. The van der Waals surface area contributed by atoms with Crippen molar-refractivity contribution in [2.75, 3.05) is 6.54 Å². The standard InChI is InChI=1S/C22H16F3N3O6/c1-11-15(16-10-14(34-22(23,24)25)3-4-18(16)27-11)6-7-26-20(29)17-9-12-8-13(28(31)32)2-5-19(12)33-21(17)30/h2-5,8-10,27H,6-7H2,1H3,(H,26,29). The second kappa shape index (κ2) is 8.54. The number of amides is 1. The van der Waals surface area contributed by atoms with E-state index in [1.54, 1.807) is 6.92 Å². The van der Waals surface area contributed by atoms with Crippen LogP contribution in [-0.4, -0.2) is 28.7 Å². The number of aromatic nitrogens is 1. The zero-order valence-corrected chi connectivity index (χ0v) is 17.5. The van der Waals surface area contributed by atoms with E-state index in [9.17, 15) is 32.9 Å². The maximum atomic E-state index is 12.6. The average molecular weight is 475 g/mol. The zero-order valence-electron chi connectivity index (χ0n) is 17.5. The van der Waals surface area contributed by atoms with Gasteiger partial charge in [-0.3, -0.25) is 14.9 Å². The monoisotopic (exact) mass is 475 g/mol. The molecule has 0 atom stereocenters. The minimum absolute atomic E-state index is 0.0589. The number of benzene rings is 2. The molecule has 0 fully saturated rings. The van der Waals surface area contributed by atoms with Gasteiger partial charge >= 0.3 is 12.0 Å². The summed E-state index contributed by atoms with van der Waals surface area (Å²) >= 11 is 0. The van der Waals surface area contributed by atoms with Crippen LogP contribution in [0.15, 0.2) is 51.7 Å². The van der Waals surface area contributed by atoms with E-state index in [0.717, 1.165) is 0 Å². The number of carbonyl (C=O) groups is 1. The summed E-state index contributed by atoms with van der Waals surface area (Å²) in [6.45, 7) is 1.80. The van der Waals surface area contributed by atoms with Crippen molar-refractivity contribution < 1.29 is 32.0 Å². The van der Waals surface area contributed by atoms with Crippen LogP contribution in [0, 0.1) is 17.0 Å². The number of non-ortho nitro benzene ring substituents is 1. The van der Waals surface area contributed by atoms with E-state index in [2.05, 4.69) is 15.0 Å². The Morgan fingerprint density at radius 3 is 2.68 bits per heavy atom. The number of nitro benzene ring substituents is 1. The van der Waals surface area contributed by atoms with Gasteiger partial charge in [0, 0.05) is 40.7 Å². The molecule has 0 saturated carbocycles. The van der Waals surface area contributed by atoms with E-state index in [1.807, 2.05) is 0 Å². The smallest absolute Gasteiger partial charge is 0.422 e. The number of nitrogens with one attached hydrogen (secondary N) is 2. The first-order valence-corrected chi connectivity index (χ1v) is 9.89. The first kappa shape index (κ1) is 22.8. The van der Waals surface area contributed by atoms with Gasteiger partial charge in [0.2, 0.25) is 0 Å². The van der Waals surface area contributed by atoms with Gasteiger partial charge in [-0.05, 0) is 49.2 Å². The lowest BCUT2D eigenvalue weighted by atomic mass is 10.1. The maximum Gasteiger partial charge on any atom is 0.573 e. The second-order valence-electron chi connectivity index (χ2n) is 7.42. The van der Waals surface area contributed by atoms with Crippen LogP contribution in [0.5, 0.6) is 5.75 Å². The topological polar surface area (TPSA) is 127 Å². The summed E-state index contributed by atoms with van der Waals surface area (Å²) in [6.07, 6.45) is -4.58. The van der Waals surface area contributed by atoms with E-state index in [4.69, 9.17) is 4.42 Å². The first-order valence-electron chi connectivity index (χ1n) is 9.89. The molecule has 1 amide bonds. The summed E-state index contributed by atoms with van der Waals surface area (Å²) in [7, 11) is 0. The highest BCUT2D eigenvalue weighted by Gasteiger charge is 2.31. The van der Waals surface area contributed by atoms with Gasteiger partial charge in [0.15, 0.2) is 0 Å². The molecule has 4 aromatic rings. The van der Waals surface area contributed by atoms with Crippen LogP contribution < -0.4 is 15.7 Å². The molecule has 0 saturated heterocycles. The molecule has 0 spiro atoms. The molecular weight excluding hydrogens is 459 g/mol. The van der Waals surface area contributed by atoms with Crippen LogP contribution in [0.3, 0.4) is 0 Å². The predicted molar refractivity (Wildman–Crippen MR) is 115 cm³/mol. The number of alkyl halides is 3. The molecule has 9 nitrogen and oxygen atoms in total. The highest BCUT2D eigenvalue weighted by Crippen LogP contribution is 2.30. The van der Waals surface area contributed by atoms with Gasteiger partial charge in [-0.25, -0.2) is 4.79 Å². The number of halogens is 3.